The maximum atomic E-state index is 13.6. The minimum absolute atomic E-state index is 0.0251. The number of fused-ring (bicyclic) bond motifs is 2. The van der Waals surface area contributed by atoms with Gasteiger partial charge in [0.2, 0.25) is 0 Å². The van der Waals surface area contributed by atoms with E-state index in [9.17, 15) is 9.59 Å². The van der Waals surface area contributed by atoms with Crippen molar-refractivity contribution in [1.29, 1.82) is 0 Å². The minimum atomic E-state index is -0.610. The van der Waals surface area contributed by atoms with Gasteiger partial charge in [0.05, 0.1) is 30.3 Å². The average molecular weight is 515 g/mol. The van der Waals surface area contributed by atoms with Crippen LogP contribution >= 0.6 is 0 Å². The molecule has 10 heteroatoms. The van der Waals surface area contributed by atoms with Crippen molar-refractivity contribution >= 4 is 28.3 Å². The van der Waals surface area contributed by atoms with Gasteiger partial charge in [-0.3, -0.25) is 9.59 Å². The Morgan fingerprint density at radius 2 is 1.92 bits per heavy atom. The summed E-state index contributed by atoms with van der Waals surface area (Å²) in [5, 5.41) is 11.5. The highest BCUT2D eigenvalue weighted by Gasteiger charge is 2.44. The Morgan fingerprint density at radius 1 is 1.13 bits per heavy atom. The van der Waals surface area contributed by atoms with Gasteiger partial charge in [-0.05, 0) is 67.0 Å². The first-order chi connectivity index (χ1) is 18.4. The fraction of sp³-hybridized carbons (Fsp3) is 0.393. The number of carbonyl (C=O) groups excluding carboxylic acids is 2. The largest absolute Gasteiger partial charge is 0.496 e. The van der Waals surface area contributed by atoms with Crippen LogP contribution in [0.2, 0.25) is 0 Å². The third-order valence-electron chi connectivity index (χ3n) is 7.92. The van der Waals surface area contributed by atoms with Crippen molar-refractivity contribution in [2.24, 2.45) is 21.4 Å². The van der Waals surface area contributed by atoms with Gasteiger partial charge in [-0.1, -0.05) is 5.22 Å². The van der Waals surface area contributed by atoms with Gasteiger partial charge < -0.3 is 24.8 Å². The van der Waals surface area contributed by atoms with E-state index in [1.165, 1.54) is 0 Å². The van der Waals surface area contributed by atoms with Crippen LogP contribution in [-0.4, -0.2) is 52.7 Å². The summed E-state index contributed by atoms with van der Waals surface area (Å²) in [6.07, 6.45) is 5.85. The maximum absolute atomic E-state index is 13.6. The monoisotopic (exact) mass is 514 g/mol. The van der Waals surface area contributed by atoms with Crippen LogP contribution in [0.15, 0.2) is 58.1 Å². The first kappa shape index (κ1) is 24.1. The number of rotatable bonds is 5. The molecule has 196 valence electrons. The number of hydrogen-bond donors (Lipinski definition) is 1. The van der Waals surface area contributed by atoms with Crippen molar-refractivity contribution in [1.82, 2.24) is 9.47 Å². The van der Waals surface area contributed by atoms with Gasteiger partial charge in [0.15, 0.2) is 5.78 Å². The predicted molar refractivity (Wildman–Crippen MR) is 142 cm³/mol. The molecule has 0 atom stereocenters. The third-order valence-corrected chi connectivity index (χ3v) is 7.92. The summed E-state index contributed by atoms with van der Waals surface area (Å²) >= 11 is 0. The number of amides is 1. The van der Waals surface area contributed by atoms with Gasteiger partial charge in [-0.2, -0.15) is 0 Å². The van der Waals surface area contributed by atoms with Crippen molar-refractivity contribution in [3.63, 3.8) is 0 Å². The summed E-state index contributed by atoms with van der Waals surface area (Å²) in [4.78, 5) is 28.6. The number of nitrogens with two attached hydrogens (primary N) is 1. The molecule has 2 N–H and O–H groups in total. The van der Waals surface area contributed by atoms with E-state index in [1.54, 1.807) is 26.2 Å². The normalized spacial score (nSPS) is 19.2. The number of Topliss-reactive ketones (excluding diaryl/α,β-unsaturated/α-hetero) is 1. The fourth-order valence-electron chi connectivity index (χ4n) is 5.64. The molecule has 1 saturated heterocycles. The van der Waals surface area contributed by atoms with E-state index in [0.717, 1.165) is 29.3 Å². The maximum Gasteiger partial charge on any atom is 0.254 e. The Bertz CT molecular complexity index is 1490. The minimum Gasteiger partial charge on any atom is -0.496 e. The molecule has 3 aliphatic rings. The number of ketones is 1. The van der Waals surface area contributed by atoms with Gasteiger partial charge in [0.1, 0.15) is 17.1 Å². The second-order valence-electron chi connectivity index (χ2n) is 10.3. The SMILES string of the molecule is COc1cc(C(=O)N2CCC3(CC2)CC(=O)c2cc(/C(C)=N/N=N\N)ccc2O3)cc2c1ccn2C1CC1. The topological polar surface area (TPSA) is 124 Å². The molecule has 10 nitrogen and oxygen atoms in total. The smallest absolute Gasteiger partial charge is 0.254 e. The number of hydrogen-bond acceptors (Lipinski definition) is 6. The third kappa shape index (κ3) is 4.19. The quantitative estimate of drug-likeness (QED) is 0.229. The van der Waals surface area contributed by atoms with E-state index in [1.807, 2.05) is 23.1 Å². The first-order valence-electron chi connectivity index (χ1n) is 12.9. The number of methoxy groups -OCH3 is 1. The van der Waals surface area contributed by atoms with Crippen LogP contribution in [0.5, 0.6) is 11.5 Å². The molecule has 2 aromatic carbocycles. The summed E-state index contributed by atoms with van der Waals surface area (Å²) in [6, 6.07) is 11.8. The molecule has 0 unspecified atom stereocenters. The summed E-state index contributed by atoms with van der Waals surface area (Å²) in [7, 11) is 1.64. The second kappa shape index (κ2) is 9.27. The van der Waals surface area contributed by atoms with Crippen molar-refractivity contribution < 1.29 is 19.1 Å². The Balaban J connectivity index is 1.19. The number of likely N-dealkylation sites (tertiary alicyclic amines) is 1. The Hall–Kier alpha value is -4.21. The lowest BCUT2D eigenvalue weighted by Gasteiger charge is -2.44. The molecular formula is C28H30N6O4. The van der Waals surface area contributed by atoms with Crippen molar-refractivity contribution in [3.05, 3.63) is 59.3 Å². The van der Waals surface area contributed by atoms with Crippen molar-refractivity contribution in [2.45, 2.75) is 50.7 Å². The van der Waals surface area contributed by atoms with E-state index >= 15 is 0 Å². The average Bonchev–Trinajstić information content (AvgIpc) is 3.69. The molecule has 3 aromatic rings. The van der Waals surface area contributed by atoms with Crippen LogP contribution in [0.4, 0.5) is 0 Å². The Labute approximate surface area is 220 Å². The number of nitrogens with zero attached hydrogens (tertiary/aromatic N) is 5. The highest BCUT2D eigenvalue weighted by atomic mass is 16.5. The Morgan fingerprint density at radius 3 is 2.63 bits per heavy atom. The summed E-state index contributed by atoms with van der Waals surface area (Å²) in [5.74, 6) is 6.30. The zero-order valence-electron chi connectivity index (χ0n) is 21.5. The van der Waals surface area contributed by atoms with E-state index in [0.29, 0.717) is 60.3 Å². The van der Waals surface area contributed by atoms with Crippen LogP contribution in [0.25, 0.3) is 10.9 Å². The van der Waals surface area contributed by atoms with Crippen LogP contribution in [0.3, 0.4) is 0 Å². The lowest BCUT2D eigenvalue weighted by Crippen LogP contribution is -2.52. The van der Waals surface area contributed by atoms with E-state index in [2.05, 4.69) is 32.4 Å². The highest BCUT2D eigenvalue weighted by molar-refractivity contribution is 6.05. The zero-order chi connectivity index (χ0) is 26.4. The summed E-state index contributed by atoms with van der Waals surface area (Å²) in [6.45, 7) is 2.80. The molecule has 1 aromatic heterocycles. The molecule has 2 fully saturated rings. The molecule has 1 amide bonds. The number of ether oxygens (including phenoxy) is 2. The van der Waals surface area contributed by atoms with Crippen LogP contribution in [-0.2, 0) is 0 Å². The van der Waals surface area contributed by atoms with E-state index in [4.69, 9.17) is 15.3 Å². The molecule has 0 radical (unpaired) electrons. The van der Waals surface area contributed by atoms with Gasteiger partial charge in [-0.25, -0.2) is 0 Å². The predicted octanol–water partition coefficient (Wildman–Crippen LogP) is 4.67. The summed E-state index contributed by atoms with van der Waals surface area (Å²) < 4.78 is 14.3. The van der Waals surface area contributed by atoms with E-state index in [-0.39, 0.29) is 18.1 Å². The molecule has 2 aliphatic heterocycles. The number of carbonyl (C=O) groups is 2. The highest BCUT2D eigenvalue weighted by Crippen LogP contribution is 2.42. The Kier molecular flexibility index (Phi) is 5.89. The standard InChI is InChI=1S/C28H30N6O4/c1-17(30-32-31-29)18-3-6-25-22(13-18)24(35)16-28(38-25)8-11-33(12-9-28)27(36)19-14-23-21(26(15-19)37-2)7-10-34(23)20-4-5-20/h3,6-7,10,13-15,20H,4-5,8-9,11-12,16H2,1-2H3,(H2,29,32)/b30-17+. The lowest BCUT2D eigenvalue weighted by atomic mass is 9.82. The van der Waals surface area contributed by atoms with E-state index < -0.39 is 5.60 Å². The molecule has 6 rings (SSSR count). The van der Waals surface area contributed by atoms with Gasteiger partial charge in [0, 0.05) is 49.1 Å². The summed E-state index contributed by atoms with van der Waals surface area (Å²) in [5.41, 5.74) is 2.93. The number of benzene rings is 2. The van der Waals surface area contributed by atoms with Crippen LogP contribution in [0.1, 0.15) is 71.3 Å². The van der Waals surface area contributed by atoms with Crippen molar-refractivity contribution in [2.75, 3.05) is 20.2 Å². The molecule has 0 bridgehead atoms. The van der Waals surface area contributed by atoms with Crippen molar-refractivity contribution in [3.8, 4) is 11.5 Å². The fourth-order valence-corrected chi connectivity index (χ4v) is 5.64. The van der Waals surface area contributed by atoms with Crippen LogP contribution < -0.4 is 15.3 Å². The van der Waals surface area contributed by atoms with Gasteiger partial charge in [-0.15, -0.1) is 5.10 Å². The number of aromatic nitrogens is 1. The lowest BCUT2D eigenvalue weighted by molar-refractivity contribution is -0.00571. The molecule has 1 aliphatic carbocycles. The second-order valence-corrected chi connectivity index (χ2v) is 10.3. The first-order valence-corrected chi connectivity index (χ1v) is 12.9. The molecule has 38 heavy (non-hydrogen) atoms. The molecular weight excluding hydrogens is 484 g/mol. The van der Waals surface area contributed by atoms with Crippen LogP contribution in [0, 0.1) is 0 Å². The zero-order valence-corrected chi connectivity index (χ0v) is 21.5. The molecule has 3 heterocycles. The molecule has 1 saturated carbocycles. The van der Waals surface area contributed by atoms with Gasteiger partial charge in [0.25, 0.3) is 5.91 Å². The molecule has 1 spiro atoms. The van der Waals surface area contributed by atoms with Gasteiger partial charge >= 0.3 is 0 Å². The number of piperidine rings is 1.